The molecule has 2 saturated heterocycles. The van der Waals surface area contributed by atoms with Gasteiger partial charge in [-0.2, -0.15) is 0 Å². The van der Waals surface area contributed by atoms with Gasteiger partial charge in [0.05, 0.1) is 17.2 Å². The van der Waals surface area contributed by atoms with Crippen molar-refractivity contribution in [3.8, 4) is 0 Å². The van der Waals surface area contributed by atoms with Gasteiger partial charge < -0.3 is 10.0 Å². The lowest BCUT2D eigenvalue weighted by atomic mass is 9.70. The number of carbonyl (C=O) groups is 1. The fourth-order valence-electron chi connectivity index (χ4n) is 4.79. The molecule has 2 aliphatic heterocycles. The molecule has 1 N–H and O–H groups in total. The highest BCUT2D eigenvalue weighted by atomic mass is 35.5. The van der Waals surface area contributed by atoms with Gasteiger partial charge in [-0.3, -0.25) is 4.79 Å². The summed E-state index contributed by atoms with van der Waals surface area (Å²) >= 11 is 6.25. The number of benzene rings is 2. The van der Waals surface area contributed by atoms with Gasteiger partial charge in [0, 0.05) is 17.5 Å². The first-order chi connectivity index (χ1) is 12.1. The Morgan fingerprint density at radius 3 is 2.56 bits per heavy atom. The summed E-state index contributed by atoms with van der Waals surface area (Å²) in [6, 6.07) is 17.8. The molecule has 4 heteroatoms. The van der Waals surface area contributed by atoms with Crippen molar-refractivity contribution in [2.45, 2.75) is 37.8 Å². The molecule has 2 aromatic rings. The van der Waals surface area contributed by atoms with Crippen LogP contribution < -0.4 is 0 Å². The summed E-state index contributed by atoms with van der Waals surface area (Å²) in [6.45, 7) is 0.107. The van der Waals surface area contributed by atoms with E-state index in [1.165, 1.54) is 5.56 Å². The first-order valence-corrected chi connectivity index (χ1v) is 9.24. The number of fused-ring (bicyclic) bond motifs is 2. The topological polar surface area (TPSA) is 40.5 Å². The molecule has 2 bridgehead atoms. The van der Waals surface area contributed by atoms with Crippen LogP contribution in [-0.4, -0.2) is 34.6 Å². The zero-order valence-corrected chi connectivity index (χ0v) is 14.8. The van der Waals surface area contributed by atoms with Crippen molar-refractivity contribution in [3.05, 3.63) is 70.7 Å². The average Bonchev–Trinajstić information content (AvgIpc) is 3.18. The average molecular weight is 356 g/mol. The molecule has 0 unspecified atom stereocenters. The van der Waals surface area contributed by atoms with Crippen molar-refractivity contribution in [3.63, 3.8) is 0 Å². The van der Waals surface area contributed by atoms with E-state index in [0.29, 0.717) is 10.6 Å². The molecule has 0 aromatic heterocycles. The van der Waals surface area contributed by atoms with Crippen molar-refractivity contribution in [1.82, 2.24) is 4.90 Å². The van der Waals surface area contributed by atoms with Crippen LogP contribution in [0.15, 0.2) is 54.6 Å². The zero-order valence-electron chi connectivity index (χ0n) is 14.1. The number of carbonyl (C=O) groups excluding carboxylic acids is 1. The molecule has 3 atom stereocenters. The smallest absolute Gasteiger partial charge is 0.255 e. The fraction of sp³-hybridized carbons (Fsp3) is 0.381. The molecule has 3 nitrogen and oxygen atoms in total. The molecule has 0 radical (unpaired) electrons. The number of hydrogen-bond acceptors (Lipinski definition) is 2. The number of amides is 1. The van der Waals surface area contributed by atoms with E-state index in [-0.39, 0.29) is 30.0 Å². The highest BCUT2D eigenvalue weighted by molar-refractivity contribution is 6.33. The quantitative estimate of drug-likeness (QED) is 0.902. The normalized spacial score (nSPS) is 27.7. The second kappa shape index (κ2) is 6.47. The second-order valence-electron chi connectivity index (χ2n) is 7.33. The summed E-state index contributed by atoms with van der Waals surface area (Å²) in [4.78, 5) is 15.1. The van der Waals surface area contributed by atoms with Crippen LogP contribution >= 0.6 is 11.6 Å². The Hall–Kier alpha value is -1.84. The van der Waals surface area contributed by atoms with Crippen molar-refractivity contribution in [2.75, 3.05) is 6.61 Å². The van der Waals surface area contributed by atoms with Crippen LogP contribution in [0.25, 0.3) is 0 Å². The van der Waals surface area contributed by atoms with E-state index in [0.717, 1.165) is 25.7 Å². The number of aliphatic hydroxyl groups excluding tert-OH is 1. The van der Waals surface area contributed by atoms with Crippen LogP contribution in [-0.2, 0) is 6.42 Å². The third-order valence-electron chi connectivity index (χ3n) is 5.90. The Morgan fingerprint density at radius 2 is 1.84 bits per heavy atom. The minimum atomic E-state index is -0.249. The SMILES string of the molecule is O=C(c1ccccc1Cl)N1[C@H]2CC[C@@H]1[C@@](CO)(Cc1ccccc1)C2. The molecule has 2 aliphatic rings. The van der Waals surface area contributed by atoms with Gasteiger partial charge in [0.2, 0.25) is 0 Å². The zero-order chi connectivity index (χ0) is 17.4. The van der Waals surface area contributed by atoms with Gasteiger partial charge in [0.25, 0.3) is 5.91 Å². The Bertz CT molecular complexity index is 778. The lowest BCUT2D eigenvalue weighted by molar-refractivity contribution is 0.0571. The molecule has 2 fully saturated rings. The van der Waals surface area contributed by atoms with Gasteiger partial charge in [-0.05, 0) is 43.4 Å². The van der Waals surface area contributed by atoms with Crippen molar-refractivity contribution in [2.24, 2.45) is 5.41 Å². The summed E-state index contributed by atoms with van der Waals surface area (Å²) in [5, 5.41) is 10.8. The molecule has 0 saturated carbocycles. The van der Waals surface area contributed by atoms with Gasteiger partial charge in [-0.15, -0.1) is 0 Å². The molecule has 1 amide bonds. The number of rotatable bonds is 4. The summed E-state index contributed by atoms with van der Waals surface area (Å²) in [5.74, 6) is 0.00138. The third-order valence-corrected chi connectivity index (χ3v) is 6.23. The van der Waals surface area contributed by atoms with Gasteiger partial charge in [-0.1, -0.05) is 54.1 Å². The van der Waals surface area contributed by atoms with Gasteiger partial charge in [0.15, 0.2) is 0 Å². The van der Waals surface area contributed by atoms with Crippen LogP contribution in [0.5, 0.6) is 0 Å². The minimum absolute atomic E-state index is 0.00138. The number of hydrogen-bond donors (Lipinski definition) is 1. The van der Waals surface area contributed by atoms with Crippen LogP contribution in [0.2, 0.25) is 5.02 Å². The summed E-state index contributed by atoms with van der Waals surface area (Å²) in [7, 11) is 0. The second-order valence-corrected chi connectivity index (χ2v) is 7.73. The summed E-state index contributed by atoms with van der Waals surface area (Å²) < 4.78 is 0. The van der Waals surface area contributed by atoms with Crippen molar-refractivity contribution in [1.29, 1.82) is 0 Å². The van der Waals surface area contributed by atoms with E-state index in [1.807, 2.05) is 35.2 Å². The van der Waals surface area contributed by atoms with E-state index in [1.54, 1.807) is 12.1 Å². The predicted molar refractivity (Wildman–Crippen MR) is 98.7 cm³/mol. The molecule has 130 valence electrons. The van der Waals surface area contributed by atoms with E-state index in [9.17, 15) is 9.90 Å². The van der Waals surface area contributed by atoms with Crippen LogP contribution in [0.1, 0.15) is 35.2 Å². The molecule has 0 aliphatic carbocycles. The first-order valence-electron chi connectivity index (χ1n) is 8.87. The maximum Gasteiger partial charge on any atom is 0.255 e. The Balaban J connectivity index is 1.64. The monoisotopic (exact) mass is 355 g/mol. The highest BCUT2D eigenvalue weighted by Gasteiger charge is 2.57. The first kappa shape index (κ1) is 16.6. The standard InChI is InChI=1S/C21H22ClNO2/c22-18-9-5-4-8-17(18)20(25)23-16-10-11-19(23)21(13-16,14-24)12-15-6-2-1-3-7-15/h1-9,16,19,24H,10-14H2/t16-,19+,21-/m0/s1. The lowest BCUT2D eigenvalue weighted by Gasteiger charge is -2.36. The van der Waals surface area contributed by atoms with Crippen LogP contribution in [0.4, 0.5) is 0 Å². The lowest BCUT2D eigenvalue weighted by Crippen LogP contribution is -2.44. The van der Waals surface area contributed by atoms with Gasteiger partial charge in [-0.25, -0.2) is 0 Å². The van der Waals surface area contributed by atoms with Crippen LogP contribution in [0.3, 0.4) is 0 Å². The molecule has 2 heterocycles. The molecule has 25 heavy (non-hydrogen) atoms. The Labute approximate surface area is 153 Å². The summed E-state index contributed by atoms with van der Waals surface area (Å²) in [6.07, 6.45) is 3.63. The maximum atomic E-state index is 13.1. The number of aliphatic hydroxyl groups is 1. The largest absolute Gasteiger partial charge is 0.396 e. The number of nitrogens with zero attached hydrogens (tertiary/aromatic N) is 1. The molecular weight excluding hydrogens is 334 g/mol. The molecule has 2 aromatic carbocycles. The van der Waals surface area contributed by atoms with E-state index in [4.69, 9.17) is 11.6 Å². The van der Waals surface area contributed by atoms with Crippen molar-refractivity contribution < 1.29 is 9.90 Å². The summed E-state index contributed by atoms with van der Waals surface area (Å²) in [5.41, 5.74) is 1.53. The Morgan fingerprint density at radius 1 is 1.12 bits per heavy atom. The van der Waals surface area contributed by atoms with Crippen LogP contribution in [0, 0.1) is 5.41 Å². The van der Waals surface area contributed by atoms with Crippen molar-refractivity contribution >= 4 is 17.5 Å². The molecular formula is C21H22ClNO2. The van der Waals surface area contributed by atoms with E-state index in [2.05, 4.69) is 12.1 Å². The fourth-order valence-corrected chi connectivity index (χ4v) is 5.01. The Kier molecular flexibility index (Phi) is 4.30. The third kappa shape index (κ3) is 2.76. The van der Waals surface area contributed by atoms with E-state index >= 15 is 0 Å². The predicted octanol–water partition coefficient (Wildman–Crippen LogP) is 3.94. The van der Waals surface area contributed by atoms with Gasteiger partial charge in [0.1, 0.15) is 0 Å². The number of halogens is 1. The highest BCUT2D eigenvalue weighted by Crippen LogP contribution is 2.52. The molecule has 0 spiro atoms. The maximum absolute atomic E-state index is 13.1. The van der Waals surface area contributed by atoms with E-state index < -0.39 is 0 Å². The minimum Gasteiger partial charge on any atom is -0.396 e. The van der Waals surface area contributed by atoms with Gasteiger partial charge >= 0.3 is 0 Å². The molecule has 4 rings (SSSR count).